The Morgan fingerprint density at radius 2 is 1.21 bits per heavy atom. The van der Waals surface area contributed by atoms with E-state index < -0.39 is 49.1 Å². The predicted molar refractivity (Wildman–Crippen MR) is 78.4 cm³/mol. The molecule has 0 spiro atoms. The largest absolute Gasteiger partial charge is 0.480 e. The van der Waals surface area contributed by atoms with Crippen molar-refractivity contribution < 1.29 is 39.6 Å². The Kier molecular flexibility index (Phi) is 6.83. The first-order chi connectivity index (χ1) is 11.3. The van der Waals surface area contributed by atoms with Gasteiger partial charge in [0.15, 0.2) is 12.1 Å². The van der Waals surface area contributed by atoms with E-state index in [9.17, 15) is 19.2 Å². The molecule has 0 radical (unpaired) electrons. The van der Waals surface area contributed by atoms with Crippen LogP contribution in [0.3, 0.4) is 0 Å². The number of hydrogen-bond acceptors (Lipinski definition) is 6. The maximum Gasteiger partial charge on any atom is 0.328 e. The molecule has 0 aliphatic heterocycles. The quantitative estimate of drug-likeness (QED) is 0.316. The Labute approximate surface area is 135 Å². The molecule has 2 amide bonds. The predicted octanol–water partition coefficient (Wildman–Crippen LogP) is -1.96. The van der Waals surface area contributed by atoms with E-state index in [-0.39, 0.29) is 11.1 Å². The van der Waals surface area contributed by atoms with Crippen molar-refractivity contribution >= 4 is 23.8 Å². The number of carbonyl (C=O) groups is 4. The molecule has 0 fully saturated rings. The van der Waals surface area contributed by atoms with Crippen molar-refractivity contribution in [2.75, 3.05) is 13.2 Å². The average Bonchev–Trinajstić information content (AvgIpc) is 2.56. The number of amides is 2. The van der Waals surface area contributed by atoms with Gasteiger partial charge >= 0.3 is 11.9 Å². The number of carboxylic acids is 2. The fourth-order valence-corrected chi connectivity index (χ4v) is 1.66. The van der Waals surface area contributed by atoms with Gasteiger partial charge in [-0.3, -0.25) is 9.59 Å². The zero-order valence-electron chi connectivity index (χ0n) is 12.3. The van der Waals surface area contributed by atoms with Crippen molar-refractivity contribution in [2.24, 2.45) is 0 Å². The second-order valence-corrected chi connectivity index (χ2v) is 4.67. The summed E-state index contributed by atoms with van der Waals surface area (Å²) in [6.45, 7) is -1.61. The highest BCUT2D eigenvalue weighted by molar-refractivity contribution is 6.01. The van der Waals surface area contributed by atoms with Crippen LogP contribution in [0.4, 0.5) is 0 Å². The third-order valence-electron chi connectivity index (χ3n) is 2.96. The lowest BCUT2D eigenvalue weighted by Gasteiger charge is -2.13. The topological polar surface area (TPSA) is 173 Å². The van der Waals surface area contributed by atoms with Gasteiger partial charge in [-0.1, -0.05) is 6.07 Å². The molecule has 0 bridgehead atoms. The molecule has 2 atom stereocenters. The molecule has 0 aliphatic rings. The second-order valence-electron chi connectivity index (χ2n) is 4.67. The van der Waals surface area contributed by atoms with Gasteiger partial charge in [0.25, 0.3) is 11.8 Å². The van der Waals surface area contributed by atoms with E-state index in [2.05, 4.69) is 10.6 Å². The van der Waals surface area contributed by atoms with E-state index in [4.69, 9.17) is 20.4 Å². The minimum absolute atomic E-state index is 0.0572. The van der Waals surface area contributed by atoms with Gasteiger partial charge in [0.1, 0.15) is 0 Å². The van der Waals surface area contributed by atoms with Crippen LogP contribution in [0, 0.1) is 0 Å². The number of aliphatic hydroxyl groups excluding tert-OH is 2. The van der Waals surface area contributed by atoms with Crippen molar-refractivity contribution in [3.05, 3.63) is 35.4 Å². The molecule has 1 aromatic carbocycles. The lowest BCUT2D eigenvalue weighted by atomic mass is 10.1. The van der Waals surface area contributed by atoms with Crippen LogP contribution in [0.5, 0.6) is 0 Å². The van der Waals surface area contributed by atoms with Gasteiger partial charge in [0, 0.05) is 11.1 Å². The van der Waals surface area contributed by atoms with Crippen molar-refractivity contribution in [2.45, 2.75) is 12.1 Å². The SMILES string of the molecule is O=C(N[C@H](CO)C(=O)O)c1cccc(C(=O)N[C@H](CO)C(=O)O)c1. The summed E-state index contributed by atoms with van der Waals surface area (Å²) in [6.07, 6.45) is 0. The van der Waals surface area contributed by atoms with Gasteiger partial charge in [-0.25, -0.2) is 9.59 Å². The Morgan fingerprint density at radius 3 is 1.50 bits per heavy atom. The van der Waals surface area contributed by atoms with Crippen molar-refractivity contribution in [1.29, 1.82) is 0 Å². The first-order valence-electron chi connectivity index (χ1n) is 6.69. The first-order valence-corrected chi connectivity index (χ1v) is 6.69. The highest BCUT2D eigenvalue weighted by Crippen LogP contribution is 2.06. The Morgan fingerprint density at radius 1 is 0.833 bits per heavy atom. The van der Waals surface area contributed by atoms with Gasteiger partial charge < -0.3 is 31.1 Å². The van der Waals surface area contributed by atoms with Crippen molar-refractivity contribution in [3.8, 4) is 0 Å². The zero-order chi connectivity index (χ0) is 18.3. The lowest BCUT2D eigenvalue weighted by molar-refractivity contribution is -0.141. The number of benzene rings is 1. The molecular formula is C14H16N2O8. The van der Waals surface area contributed by atoms with E-state index in [1.165, 1.54) is 18.2 Å². The van der Waals surface area contributed by atoms with E-state index >= 15 is 0 Å². The molecule has 130 valence electrons. The summed E-state index contributed by atoms with van der Waals surface area (Å²) in [5.74, 6) is -4.51. The Balaban J connectivity index is 2.89. The first kappa shape index (κ1) is 19.1. The number of nitrogens with one attached hydrogen (secondary N) is 2. The van der Waals surface area contributed by atoms with Crippen molar-refractivity contribution in [1.82, 2.24) is 10.6 Å². The molecule has 1 rings (SSSR count). The second kappa shape index (κ2) is 8.60. The van der Waals surface area contributed by atoms with Crippen LogP contribution in [-0.2, 0) is 9.59 Å². The number of hydrogen-bond donors (Lipinski definition) is 6. The Hall–Kier alpha value is -2.98. The molecule has 1 aromatic rings. The third kappa shape index (κ3) is 5.04. The fourth-order valence-electron chi connectivity index (χ4n) is 1.66. The van der Waals surface area contributed by atoms with Crippen LogP contribution >= 0.6 is 0 Å². The van der Waals surface area contributed by atoms with E-state index in [1.807, 2.05) is 0 Å². The average molecular weight is 340 g/mol. The molecule has 0 unspecified atom stereocenters. The smallest absolute Gasteiger partial charge is 0.328 e. The maximum atomic E-state index is 11.9. The summed E-state index contributed by atoms with van der Waals surface area (Å²) in [4.78, 5) is 45.4. The van der Waals surface area contributed by atoms with Gasteiger partial charge in [0.05, 0.1) is 13.2 Å². The van der Waals surface area contributed by atoms with Gasteiger partial charge in [-0.2, -0.15) is 0 Å². The summed E-state index contributed by atoms with van der Waals surface area (Å²) in [6, 6.07) is 2.08. The number of carbonyl (C=O) groups excluding carboxylic acids is 2. The van der Waals surface area contributed by atoms with Gasteiger partial charge in [0.2, 0.25) is 0 Å². The van der Waals surface area contributed by atoms with E-state index in [0.29, 0.717) is 0 Å². The van der Waals surface area contributed by atoms with Crippen LogP contribution in [-0.4, -0.2) is 69.5 Å². The van der Waals surface area contributed by atoms with Crippen LogP contribution in [0.2, 0.25) is 0 Å². The summed E-state index contributed by atoms with van der Waals surface area (Å²) in [5, 5.41) is 39.4. The number of carboxylic acid groups (broad SMARTS) is 2. The highest BCUT2D eigenvalue weighted by atomic mass is 16.4. The molecule has 6 N–H and O–H groups in total. The maximum absolute atomic E-state index is 11.9. The minimum Gasteiger partial charge on any atom is -0.480 e. The number of aliphatic carboxylic acids is 2. The highest BCUT2D eigenvalue weighted by Gasteiger charge is 2.22. The monoisotopic (exact) mass is 340 g/mol. The summed E-state index contributed by atoms with van der Waals surface area (Å²) >= 11 is 0. The molecule has 0 aromatic heterocycles. The standard InChI is InChI=1S/C14H16N2O8/c17-5-9(13(21)22)15-11(19)7-2-1-3-8(4-7)12(20)16-10(6-18)14(23)24/h1-4,9-10,17-18H,5-6H2,(H,15,19)(H,16,20)(H,21,22)(H,23,24)/t9-,10-/m1/s1. The van der Waals surface area contributed by atoms with Crippen LogP contribution in [0.1, 0.15) is 20.7 Å². The summed E-state index contributed by atoms with van der Waals surface area (Å²) < 4.78 is 0. The van der Waals surface area contributed by atoms with E-state index in [1.54, 1.807) is 0 Å². The fraction of sp³-hybridized carbons (Fsp3) is 0.286. The molecule has 10 heteroatoms. The molecule has 0 heterocycles. The number of rotatable bonds is 8. The molecule has 24 heavy (non-hydrogen) atoms. The molecule has 0 aliphatic carbocycles. The molecule has 10 nitrogen and oxygen atoms in total. The molecular weight excluding hydrogens is 324 g/mol. The minimum atomic E-state index is -1.50. The van der Waals surface area contributed by atoms with Crippen molar-refractivity contribution in [3.63, 3.8) is 0 Å². The van der Waals surface area contributed by atoms with Crippen LogP contribution < -0.4 is 10.6 Å². The number of aliphatic hydroxyl groups is 2. The van der Waals surface area contributed by atoms with Crippen LogP contribution in [0.15, 0.2) is 24.3 Å². The summed E-state index contributed by atoms with van der Waals surface area (Å²) in [5.41, 5.74) is -0.114. The van der Waals surface area contributed by atoms with Crippen LogP contribution in [0.25, 0.3) is 0 Å². The Bertz CT molecular complexity index is 594. The van der Waals surface area contributed by atoms with E-state index in [0.717, 1.165) is 6.07 Å². The lowest BCUT2D eigenvalue weighted by Crippen LogP contribution is -2.44. The molecule has 0 saturated carbocycles. The normalized spacial score (nSPS) is 12.8. The zero-order valence-corrected chi connectivity index (χ0v) is 12.3. The summed E-state index contributed by atoms with van der Waals surface area (Å²) in [7, 11) is 0. The third-order valence-corrected chi connectivity index (χ3v) is 2.96. The van der Waals surface area contributed by atoms with Gasteiger partial charge in [-0.15, -0.1) is 0 Å². The van der Waals surface area contributed by atoms with Gasteiger partial charge in [-0.05, 0) is 18.2 Å². The molecule has 0 saturated heterocycles.